The Morgan fingerprint density at radius 2 is 1.53 bits per heavy atom. The number of urea groups is 2. The van der Waals surface area contributed by atoms with Crippen LogP contribution in [0.1, 0.15) is 70.6 Å². The fourth-order valence-electron chi connectivity index (χ4n) is 5.93. The molecule has 0 bridgehead atoms. The molecule has 208 valence electrons. The molecule has 0 unspecified atom stereocenters. The zero-order valence-corrected chi connectivity index (χ0v) is 22.2. The third-order valence-electron chi connectivity index (χ3n) is 8.14. The molecule has 0 radical (unpaired) electrons. The molecule has 1 aromatic rings. The zero-order valence-electron chi connectivity index (χ0n) is 22.2. The lowest BCUT2D eigenvalue weighted by molar-refractivity contribution is -0.131. The molecule has 6 amide bonds. The normalized spacial score (nSPS) is 21.8. The van der Waals surface area contributed by atoms with Crippen molar-refractivity contribution >= 4 is 29.6 Å². The topological polar surface area (TPSA) is 137 Å². The lowest BCUT2D eigenvalue weighted by Gasteiger charge is -2.41. The van der Waals surface area contributed by atoms with Gasteiger partial charge in [0.15, 0.2) is 0 Å². The van der Waals surface area contributed by atoms with Gasteiger partial charge in [-0.1, -0.05) is 69.6 Å². The number of nitrogens with two attached hydrogens (primary N) is 1. The maximum absolute atomic E-state index is 13.6. The summed E-state index contributed by atoms with van der Waals surface area (Å²) in [6.45, 7) is 0.530. The Hall–Kier alpha value is -3.30. The fraction of sp³-hybridized carbons (Fsp3) is 0.643. The highest BCUT2D eigenvalue weighted by Crippen LogP contribution is 2.27. The van der Waals surface area contributed by atoms with E-state index in [2.05, 4.69) is 16.0 Å². The second-order valence-corrected chi connectivity index (χ2v) is 10.9. The minimum Gasteiger partial charge on any atom is -0.368 e. The van der Waals surface area contributed by atoms with Crippen LogP contribution in [0.5, 0.6) is 0 Å². The van der Waals surface area contributed by atoms with E-state index in [1.54, 1.807) is 17.0 Å². The van der Waals surface area contributed by atoms with Gasteiger partial charge in [0.05, 0.1) is 6.54 Å². The van der Waals surface area contributed by atoms with Crippen LogP contribution < -0.4 is 21.7 Å². The van der Waals surface area contributed by atoms with E-state index in [0.717, 1.165) is 51.4 Å². The number of rotatable bonds is 7. The summed E-state index contributed by atoms with van der Waals surface area (Å²) in [7, 11) is 0. The molecule has 3 fully saturated rings. The van der Waals surface area contributed by atoms with E-state index in [4.69, 9.17) is 5.73 Å². The Morgan fingerprint density at radius 1 is 0.868 bits per heavy atom. The van der Waals surface area contributed by atoms with E-state index in [9.17, 15) is 19.2 Å². The summed E-state index contributed by atoms with van der Waals surface area (Å²) in [5.41, 5.74) is 6.34. The Kier molecular flexibility index (Phi) is 9.84. The molecule has 0 aromatic heterocycles. The first-order valence-electron chi connectivity index (χ1n) is 14.2. The van der Waals surface area contributed by atoms with Crippen molar-refractivity contribution < 1.29 is 19.2 Å². The van der Waals surface area contributed by atoms with Crippen molar-refractivity contribution in [3.8, 4) is 0 Å². The molecular weight excluding hydrogens is 484 g/mol. The molecule has 2 atom stereocenters. The van der Waals surface area contributed by atoms with Gasteiger partial charge < -0.3 is 31.5 Å². The molecule has 0 spiro atoms. The number of primary amides is 1. The maximum Gasteiger partial charge on any atom is 0.321 e. The van der Waals surface area contributed by atoms with E-state index in [1.807, 2.05) is 18.2 Å². The number of piperazine rings is 1. The van der Waals surface area contributed by atoms with Gasteiger partial charge >= 0.3 is 12.1 Å². The van der Waals surface area contributed by atoms with E-state index in [-0.39, 0.29) is 31.2 Å². The van der Waals surface area contributed by atoms with E-state index in [1.165, 1.54) is 17.7 Å². The van der Waals surface area contributed by atoms with Crippen molar-refractivity contribution in [1.29, 1.82) is 0 Å². The quantitative estimate of drug-likeness (QED) is 0.434. The van der Waals surface area contributed by atoms with Gasteiger partial charge in [0.2, 0.25) is 11.8 Å². The van der Waals surface area contributed by atoms with Gasteiger partial charge in [-0.3, -0.25) is 9.59 Å². The molecule has 1 aliphatic heterocycles. The number of nitrogens with one attached hydrogen (secondary N) is 3. The van der Waals surface area contributed by atoms with E-state index >= 15 is 0 Å². The van der Waals surface area contributed by atoms with Crippen LogP contribution in [0.2, 0.25) is 0 Å². The number of para-hydroxylation sites is 1. The molecule has 3 aliphatic rings. The molecular formula is C28H42N6O4. The van der Waals surface area contributed by atoms with Crippen LogP contribution in [0.15, 0.2) is 30.3 Å². The Morgan fingerprint density at radius 3 is 2.18 bits per heavy atom. The van der Waals surface area contributed by atoms with Crippen molar-refractivity contribution in [2.75, 3.05) is 25.0 Å². The molecule has 2 aliphatic carbocycles. The minimum absolute atomic E-state index is 0.0253. The molecule has 2 saturated carbocycles. The lowest BCUT2D eigenvalue weighted by Crippen LogP contribution is -2.65. The van der Waals surface area contributed by atoms with Crippen LogP contribution in [-0.4, -0.2) is 71.4 Å². The first-order valence-corrected chi connectivity index (χ1v) is 14.2. The standard InChI is InChI=1S/C28H42N6O4/c29-25(35)23(18-20-10-4-1-5-11-20)32-26(36)24-19-33(27(37)30-21-12-6-2-7-13-21)16-17-34(24)28(38)31-22-14-8-3-9-15-22/h2,6-7,12-13,20,22-24H,1,3-5,8-11,14-19H2,(H2,29,35)(H,30,37)(H,31,38)(H,32,36)/t23-,24-/m0/s1. The highest BCUT2D eigenvalue weighted by atomic mass is 16.2. The molecule has 10 heteroatoms. The van der Waals surface area contributed by atoms with Gasteiger partial charge in [-0.2, -0.15) is 0 Å². The van der Waals surface area contributed by atoms with Crippen LogP contribution in [0.3, 0.4) is 0 Å². The summed E-state index contributed by atoms with van der Waals surface area (Å²) in [6, 6.07) is 6.82. The number of hydrogen-bond donors (Lipinski definition) is 4. The number of carbonyl (C=O) groups excluding carboxylic acids is 4. The molecule has 5 N–H and O–H groups in total. The van der Waals surface area contributed by atoms with Gasteiger partial charge in [-0.05, 0) is 37.3 Å². The highest BCUT2D eigenvalue weighted by Gasteiger charge is 2.39. The zero-order chi connectivity index (χ0) is 26.9. The lowest BCUT2D eigenvalue weighted by atomic mass is 9.84. The first-order chi connectivity index (χ1) is 18.4. The van der Waals surface area contributed by atoms with Gasteiger partial charge in [0, 0.05) is 24.8 Å². The summed E-state index contributed by atoms with van der Waals surface area (Å²) in [5.74, 6) is -0.691. The van der Waals surface area contributed by atoms with E-state index in [0.29, 0.717) is 24.6 Å². The van der Waals surface area contributed by atoms with Gasteiger partial charge in [0.25, 0.3) is 0 Å². The maximum atomic E-state index is 13.6. The summed E-state index contributed by atoms with van der Waals surface area (Å²) < 4.78 is 0. The van der Waals surface area contributed by atoms with Crippen LogP contribution in [0, 0.1) is 5.92 Å². The molecule has 38 heavy (non-hydrogen) atoms. The molecule has 1 heterocycles. The second-order valence-electron chi connectivity index (χ2n) is 10.9. The summed E-state index contributed by atoms with van der Waals surface area (Å²) in [6.07, 6.45) is 11.1. The Balaban J connectivity index is 1.45. The fourth-order valence-corrected chi connectivity index (χ4v) is 5.93. The highest BCUT2D eigenvalue weighted by molar-refractivity contribution is 5.94. The second kappa shape index (κ2) is 13.5. The van der Waals surface area contributed by atoms with Crippen molar-refractivity contribution in [3.63, 3.8) is 0 Å². The van der Waals surface area contributed by atoms with Crippen LogP contribution in [0.25, 0.3) is 0 Å². The predicted molar refractivity (Wildman–Crippen MR) is 145 cm³/mol. The van der Waals surface area contributed by atoms with E-state index < -0.39 is 23.9 Å². The number of carbonyl (C=O) groups is 4. The third-order valence-corrected chi connectivity index (χ3v) is 8.14. The van der Waals surface area contributed by atoms with Crippen molar-refractivity contribution in [3.05, 3.63) is 30.3 Å². The van der Waals surface area contributed by atoms with Crippen LogP contribution >= 0.6 is 0 Å². The molecule has 10 nitrogen and oxygen atoms in total. The third kappa shape index (κ3) is 7.61. The van der Waals surface area contributed by atoms with Gasteiger partial charge in [0.1, 0.15) is 12.1 Å². The average Bonchev–Trinajstić information content (AvgIpc) is 2.94. The largest absolute Gasteiger partial charge is 0.368 e. The summed E-state index contributed by atoms with van der Waals surface area (Å²) in [5, 5.41) is 8.79. The summed E-state index contributed by atoms with van der Waals surface area (Å²) >= 11 is 0. The minimum atomic E-state index is -0.929. The van der Waals surface area contributed by atoms with Crippen molar-refractivity contribution in [2.24, 2.45) is 11.7 Å². The number of benzene rings is 1. The summed E-state index contributed by atoms with van der Waals surface area (Å²) in [4.78, 5) is 55.2. The first kappa shape index (κ1) is 27.7. The smallest absolute Gasteiger partial charge is 0.321 e. The molecule has 4 rings (SSSR count). The SMILES string of the molecule is NC(=O)[C@H](CC1CCCCC1)NC(=O)[C@@H]1CN(C(=O)Nc2ccccc2)CCN1C(=O)NC1CCCCC1. The van der Waals surface area contributed by atoms with Gasteiger partial charge in [-0.15, -0.1) is 0 Å². The number of amides is 6. The average molecular weight is 527 g/mol. The van der Waals surface area contributed by atoms with Crippen LogP contribution in [-0.2, 0) is 9.59 Å². The molecule has 1 saturated heterocycles. The number of hydrogen-bond acceptors (Lipinski definition) is 4. The van der Waals surface area contributed by atoms with Crippen molar-refractivity contribution in [1.82, 2.24) is 20.4 Å². The number of nitrogens with zero attached hydrogens (tertiary/aromatic N) is 2. The Bertz CT molecular complexity index is 961. The van der Waals surface area contributed by atoms with Gasteiger partial charge in [-0.25, -0.2) is 9.59 Å². The Labute approximate surface area is 225 Å². The predicted octanol–water partition coefficient (Wildman–Crippen LogP) is 3.19. The number of anilines is 1. The van der Waals surface area contributed by atoms with Crippen molar-refractivity contribution in [2.45, 2.75) is 88.8 Å². The van der Waals surface area contributed by atoms with Crippen LogP contribution in [0.4, 0.5) is 15.3 Å². The monoisotopic (exact) mass is 526 g/mol. The molecule has 1 aromatic carbocycles.